The SMILES string of the molecule is NC(C(=O)NC(C(=O)O[C@H]1C[N+]2(CC(=O)c3ccccc3)CCC1CC2)c1ccccc1)c1ccccc1.NC(C(=O)NC(C(=O)O[C@H]1C[N+]2(CC(=O)c3ccccc3)CCC1CC2)c1ccccc1)c1ccccc1.O=C([O-])C(F)(F)F.O=C([O-])C(F)(F)F. The van der Waals surface area contributed by atoms with E-state index < -0.39 is 72.2 Å². The van der Waals surface area contributed by atoms with Crippen LogP contribution in [0, 0.1) is 11.8 Å². The molecule has 6 N–H and O–H groups in total. The van der Waals surface area contributed by atoms with Crippen LogP contribution in [0.25, 0.3) is 0 Å². The summed E-state index contributed by atoms with van der Waals surface area (Å²) in [4.78, 5) is 96.9. The molecule has 18 nitrogen and oxygen atoms in total. The van der Waals surface area contributed by atoms with E-state index in [9.17, 15) is 55.1 Å². The molecule has 6 saturated heterocycles. The summed E-state index contributed by atoms with van der Waals surface area (Å²) in [5.74, 6) is -7.19. The minimum absolute atomic E-state index is 0.111. The molecular formula is C66H68F6N6O12. The maximum atomic E-state index is 13.6. The second kappa shape index (κ2) is 30.9. The van der Waals surface area contributed by atoms with Gasteiger partial charge >= 0.3 is 24.3 Å². The van der Waals surface area contributed by atoms with Gasteiger partial charge in [0.05, 0.1) is 26.2 Å². The lowest BCUT2D eigenvalue weighted by Crippen LogP contribution is -2.66. The second-order valence-corrected chi connectivity index (χ2v) is 22.5. The van der Waals surface area contributed by atoms with Gasteiger partial charge in [-0.15, -0.1) is 0 Å². The molecule has 0 radical (unpaired) electrons. The molecule has 90 heavy (non-hydrogen) atoms. The number of fused-ring (bicyclic) bond motifs is 6. The minimum atomic E-state index is -5.19. The van der Waals surface area contributed by atoms with Crippen LogP contribution in [0.5, 0.6) is 0 Å². The Kier molecular flexibility index (Phi) is 23.5. The van der Waals surface area contributed by atoms with Crippen molar-refractivity contribution in [1.82, 2.24) is 10.6 Å². The van der Waals surface area contributed by atoms with E-state index in [1.54, 1.807) is 48.5 Å². The average molecular weight is 1250 g/mol. The third-order valence-electron chi connectivity index (χ3n) is 16.4. The highest BCUT2D eigenvalue weighted by Gasteiger charge is 2.51. The number of alkyl halides is 6. The second-order valence-electron chi connectivity index (χ2n) is 22.5. The van der Waals surface area contributed by atoms with Gasteiger partial charge in [-0.25, -0.2) is 9.59 Å². The van der Waals surface area contributed by atoms with Crippen molar-refractivity contribution in [3.63, 3.8) is 0 Å². The van der Waals surface area contributed by atoms with Gasteiger partial charge in [-0.3, -0.25) is 19.2 Å². The van der Waals surface area contributed by atoms with E-state index in [2.05, 4.69) is 10.6 Å². The third-order valence-corrected chi connectivity index (χ3v) is 16.4. The van der Waals surface area contributed by atoms with Crippen molar-refractivity contribution in [2.75, 3.05) is 52.4 Å². The molecule has 6 aliphatic heterocycles. The van der Waals surface area contributed by atoms with Crippen molar-refractivity contribution in [1.29, 1.82) is 0 Å². The number of rotatable bonds is 18. The van der Waals surface area contributed by atoms with Gasteiger partial charge in [-0.1, -0.05) is 182 Å². The van der Waals surface area contributed by atoms with Crippen LogP contribution in [-0.4, -0.2) is 133 Å². The van der Waals surface area contributed by atoms with Crippen molar-refractivity contribution < 1.29 is 93.4 Å². The van der Waals surface area contributed by atoms with Gasteiger partial charge in [0.15, 0.2) is 24.3 Å². The first-order valence-electron chi connectivity index (χ1n) is 28.9. The van der Waals surface area contributed by atoms with Crippen LogP contribution in [-0.2, 0) is 38.2 Å². The predicted octanol–water partition coefficient (Wildman–Crippen LogP) is 5.76. The third kappa shape index (κ3) is 19.0. The topological polar surface area (TPSA) is 277 Å². The summed E-state index contributed by atoms with van der Waals surface area (Å²) >= 11 is 0. The normalized spacial score (nSPS) is 21.8. The number of aliphatic carboxylic acids is 2. The van der Waals surface area contributed by atoms with Crippen LogP contribution in [0.15, 0.2) is 182 Å². The van der Waals surface area contributed by atoms with E-state index >= 15 is 0 Å². The van der Waals surface area contributed by atoms with Gasteiger partial charge < -0.3 is 60.3 Å². The molecule has 4 unspecified atom stereocenters. The first-order valence-corrected chi connectivity index (χ1v) is 28.9. The summed E-state index contributed by atoms with van der Waals surface area (Å²) in [5.41, 5.74) is 16.4. The zero-order valence-electron chi connectivity index (χ0n) is 48.6. The van der Waals surface area contributed by atoms with Crippen LogP contribution in [0.4, 0.5) is 26.3 Å². The lowest BCUT2D eigenvalue weighted by atomic mass is 9.82. The summed E-state index contributed by atoms with van der Waals surface area (Å²) in [6.45, 7) is 5.63. The first kappa shape index (κ1) is 68.4. The summed E-state index contributed by atoms with van der Waals surface area (Å²) in [5, 5.41) is 23.2. The summed E-state index contributed by atoms with van der Waals surface area (Å²) in [7, 11) is 0. The van der Waals surface area contributed by atoms with Crippen LogP contribution < -0.4 is 32.3 Å². The fourth-order valence-corrected chi connectivity index (χ4v) is 11.6. The number of amides is 2. The molecule has 24 heteroatoms. The molecule has 0 aromatic heterocycles. The fraction of sp³-hybridized carbons (Fsp3) is 0.333. The van der Waals surface area contributed by atoms with Gasteiger partial charge in [-0.05, 0) is 22.3 Å². The average Bonchev–Trinajstić information content (AvgIpc) is 0.829. The Balaban J connectivity index is 0.000000211. The van der Waals surface area contributed by atoms with E-state index in [-0.39, 0.29) is 35.6 Å². The zero-order chi connectivity index (χ0) is 65.2. The van der Waals surface area contributed by atoms with Gasteiger partial charge in [0, 0.05) is 48.6 Å². The van der Waals surface area contributed by atoms with E-state index in [4.69, 9.17) is 40.7 Å². The van der Waals surface area contributed by atoms with Crippen molar-refractivity contribution in [2.45, 2.75) is 74.4 Å². The molecule has 0 aliphatic carbocycles. The largest absolute Gasteiger partial charge is 0.542 e. The first-order chi connectivity index (χ1) is 42.8. The fourth-order valence-electron chi connectivity index (χ4n) is 11.6. The number of nitrogens with one attached hydrogen (secondary N) is 2. The smallest absolute Gasteiger partial charge is 0.430 e. The molecular weight excluding hydrogens is 1180 g/mol. The van der Waals surface area contributed by atoms with Crippen LogP contribution in [0.2, 0.25) is 0 Å². The van der Waals surface area contributed by atoms with Crippen LogP contribution >= 0.6 is 0 Å². The lowest BCUT2D eigenvalue weighted by molar-refractivity contribution is -0.938. The van der Waals surface area contributed by atoms with Gasteiger partial charge in [0.25, 0.3) is 0 Å². The Morgan fingerprint density at radius 2 is 0.678 bits per heavy atom. The molecule has 6 heterocycles. The van der Waals surface area contributed by atoms with E-state index in [0.717, 1.165) is 51.9 Å². The number of carbonyl (C=O) groups excluding carboxylic acids is 8. The minimum Gasteiger partial charge on any atom is -0.542 e. The van der Waals surface area contributed by atoms with Crippen LogP contribution in [0.3, 0.4) is 0 Å². The number of ketones is 2. The number of benzene rings is 6. The predicted molar refractivity (Wildman–Crippen MR) is 310 cm³/mol. The monoisotopic (exact) mass is 1250 g/mol. The lowest BCUT2D eigenvalue weighted by Gasteiger charge is -2.51. The molecule has 6 fully saturated rings. The Morgan fingerprint density at radius 1 is 0.433 bits per heavy atom. The molecule has 2 amide bonds. The highest BCUT2D eigenvalue weighted by Crippen LogP contribution is 2.38. The maximum absolute atomic E-state index is 13.6. The number of hydrogen-bond donors (Lipinski definition) is 4. The highest BCUT2D eigenvalue weighted by atomic mass is 19.4. The molecule has 0 saturated carbocycles. The van der Waals surface area contributed by atoms with Gasteiger partial charge in [-0.2, -0.15) is 26.3 Å². The Bertz CT molecular complexity index is 3150. The number of hydrogen-bond acceptors (Lipinski definition) is 14. The molecule has 6 aromatic carbocycles. The van der Waals surface area contributed by atoms with Crippen LogP contribution in [0.1, 0.15) is 92.8 Å². The summed E-state index contributed by atoms with van der Waals surface area (Å²) in [6, 6.07) is 51.2. The van der Waals surface area contributed by atoms with Crippen molar-refractivity contribution >= 4 is 47.3 Å². The molecule has 12 rings (SSSR count). The van der Waals surface area contributed by atoms with E-state index in [1.165, 1.54) is 0 Å². The summed E-state index contributed by atoms with van der Waals surface area (Å²) < 4.78 is 76.6. The molecule has 0 spiro atoms. The maximum Gasteiger partial charge on any atom is 0.430 e. The molecule has 476 valence electrons. The molecule has 6 aromatic rings. The van der Waals surface area contributed by atoms with E-state index in [0.29, 0.717) is 68.5 Å². The number of esters is 2. The van der Waals surface area contributed by atoms with Gasteiger partial charge in [0.2, 0.25) is 23.4 Å². The number of nitrogens with zero attached hydrogens (tertiary/aromatic N) is 2. The highest BCUT2D eigenvalue weighted by molar-refractivity contribution is 5.97. The number of quaternary nitrogens is 2. The number of ether oxygens (including phenoxy) is 2. The Morgan fingerprint density at radius 3 is 0.933 bits per heavy atom. The number of carboxylic acids is 2. The van der Waals surface area contributed by atoms with Crippen molar-refractivity contribution in [2.24, 2.45) is 23.3 Å². The van der Waals surface area contributed by atoms with Crippen molar-refractivity contribution in [3.8, 4) is 0 Å². The number of halogens is 6. The summed E-state index contributed by atoms with van der Waals surface area (Å²) in [6.07, 6.45) is -7.38. The van der Waals surface area contributed by atoms with E-state index in [1.807, 2.05) is 133 Å². The molecule has 4 bridgehead atoms. The number of piperidine rings is 6. The number of carbonyl (C=O) groups is 8. The number of carboxylic acid groups (broad SMARTS) is 2. The quantitative estimate of drug-likeness (QED) is 0.0345. The molecule has 6 atom stereocenters. The van der Waals surface area contributed by atoms with Gasteiger partial charge in [0.1, 0.15) is 50.2 Å². The standard InChI is InChI=1S/2C31H33N3O4.2C2HF3O2/c2*32-28(24-12-6-2-7-13-24)30(36)33-29(25-14-8-3-9-15-25)31(37)38-27-21-34(18-16-23(27)17-19-34)20-26(35)22-10-4-1-5-11-22;2*3-2(4,5)1(6)7/h2*1-15,23,27-29H,16-21,32H2;2*(H,6,7)/t2*23?,27-,28?,29?,34?;;/m00../s1. The van der Waals surface area contributed by atoms with Crippen molar-refractivity contribution in [3.05, 3.63) is 215 Å². The Hall–Kier alpha value is -9.10. The Labute approximate surface area is 514 Å². The number of Topliss-reactive ketones (excluding diaryl/α,β-unsaturated/α-hetero) is 2. The zero-order valence-corrected chi connectivity index (χ0v) is 48.6. The number of nitrogens with two attached hydrogens (primary N) is 2. The molecule has 6 aliphatic rings.